The molecule has 0 saturated carbocycles. The molecule has 10 aromatic rings. The highest BCUT2D eigenvalue weighted by molar-refractivity contribution is 5.90. The van der Waals surface area contributed by atoms with Gasteiger partial charge >= 0.3 is 0 Å². The Morgan fingerprint density at radius 3 is 1.10 bits per heavy atom. The van der Waals surface area contributed by atoms with Gasteiger partial charge in [-0.25, -0.2) is 15.0 Å². The molecule has 0 radical (unpaired) electrons. The van der Waals surface area contributed by atoms with Gasteiger partial charge in [-0.1, -0.05) is 109 Å². The van der Waals surface area contributed by atoms with Crippen LogP contribution in [0.2, 0.25) is 0 Å². The molecule has 0 atom stereocenters. The molecule has 7 aromatic carbocycles. The van der Waals surface area contributed by atoms with Crippen LogP contribution in [0.3, 0.4) is 0 Å². The van der Waals surface area contributed by atoms with Gasteiger partial charge in [0.1, 0.15) is 0 Å². The monoisotopic (exact) mass is 663 g/mol. The van der Waals surface area contributed by atoms with Crippen molar-refractivity contribution < 1.29 is 0 Å². The Bertz CT molecular complexity index is 2590. The van der Waals surface area contributed by atoms with Gasteiger partial charge in [-0.05, 0) is 87.3 Å². The second kappa shape index (κ2) is 12.3. The molecule has 3 heterocycles. The molecule has 0 N–H and O–H groups in total. The first-order chi connectivity index (χ1) is 25.7. The zero-order valence-corrected chi connectivity index (χ0v) is 28.0. The van der Waals surface area contributed by atoms with E-state index in [9.17, 15) is 0 Å². The summed E-state index contributed by atoms with van der Waals surface area (Å²) < 4.78 is 0. The van der Waals surface area contributed by atoms with Crippen LogP contribution in [0.15, 0.2) is 176 Å². The molecular formula is C47H29N5. The van der Waals surface area contributed by atoms with Gasteiger partial charge in [0, 0.05) is 51.0 Å². The van der Waals surface area contributed by atoms with Gasteiger partial charge in [0.15, 0.2) is 17.5 Å². The van der Waals surface area contributed by atoms with E-state index in [0.717, 1.165) is 71.5 Å². The third-order valence-corrected chi connectivity index (χ3v) is 9.69. The summed E-state index contributed by atoms with van der Waals surface area (Å²) in [7, 11) is 0. The Kier molecular flexibility index (Phi) is 7.07. The summed E-state index contributed by atoms with van der Waals surface area (Å²) in [6.07, 6.45) is 3.89. The first-order valence-corrected chi connectivity index (χ1v) is 17.3. The van der Waals surface area contributed by atoms with Crippen LogP contribution in [0, 0.1) is 0 Å². The zero-order valence-electron chi connectivity index (χ0n) is 28.0. The van der Waals surface area contributed by atoms with Crippen molar-refractivity contribution in [3.05, 3.63) is 176 Å². The lowest BCUT2D eigenvalue weighted by Crippen LogP contribution is -2.01. The van der Waals surface area contributed by atoms with E-state index in [1.54, 1.807) is 0 Å². The second-order valence-electron chi connectivity index (χ2n) is 13.1. The van der Waals surface area contributed by atoms with Crippen molar-refractivity contribution in [2.45, 2.75) is 0 Å². The van der Waals surface area contributed by atoms with Crippen molar-refractivity contribution in [3.63, 3.8) is 0 Å². The molecule has 0 aliphatic carbocycles. The molecule has 242 valence electrons. The number of fused-ring (bicyclic) bond motifs is 4. The van der Waals surface area contributed by atoms with Crippen LogP contribution in [-0.4, -0.2) is 24.9 Å². The molecule has 0 amide bonds. The Morgan fingerprint density at radius 1 is 0.250 bits per heavy atom. The van der Waals surface area contributed by atoms with Crippen molar-refractivity contribution in [3.8, 4) is 56.4 Å². The number of rotatable bonds is 5. The van der Waals surface area contributed by atoms with Crippen LogP contribution < -0.4 is 0 Å². The number of para-hydroxylation sites is 2. The van der Waals surface area contributed by atoms with Crippen LogP contribution in [0.5, 0.6) is 0 Å². The zero-order chi connectivity index (χ0) is 34.4. The third-order valence-electron chi connectivity index (χ3n) is 9.69. The van der Waals surface area contributed by atoms with E-state index in [1.807, 2.05) is 48.8 Å². The Balaban J connectivity index is 1.21. The van der Waals surface area contributed by atoms with E-state index in [-0.39, 0.29) is 0 Å². The quantitative estimate of drug-likeness (QED) is 0.183. The van der Waals surface area contributed by atoms with E-state index < -0.39 is 0 Å². The molecule has 52 heavy (non-hydrogen) atoms. The minimum absolute atomic E-state index is 0.590. The molecule has 5 heteroatoms. The fourth-order valence-corrected chi connectivity index (χ4v) is 6.97. The maximum absolute atomic E-state index is 5.18. The number of aromatic nitrogens is 5. The fraction of sp³-hybridized carbons (Fsp3) is 0. The number of hydrogen-bond acceptors (Lipinski definition) is 5. The first-order valence-electron chi connectivity index (χ1n) is 17.3. The Hall–Kier alpha value is -7.11. The highest BCUT2D eigenvalue weighted by atomic mass is 15.0. The SMILES string of the molecule is c1ccc2cc(-c3nc(-c4cc(-c5cnc6ccccc6c5)cc(-c5cnc6ccccc6c5)c4)nc(-c4ccc5ccccc5c4)n3)ccc2c1. The number of nitrogens with zero attached hydrogens (tertiary/aromatic N) is 5. The molecule has 0 aliphatic heterocycles. The second-order valence-corrected chi connectivity index (χ2v) is 13.1. The smallest absolute Gasteiger partial charge is 0.164 e. The molecule has 5 nitrogen and oxygen atoms in total. The minimum Gasteiger partial charge on any atom is -0.256 e. The standard InChI is InChI=1S/C47H29N5/c1-3-11-32-21-36(19-17-30(32)9-1)45-50-46(37-20-18-31-10-2-4-12-33(31)22-37)52-47(51-45)40-26-38(41-23-34-13-5-7-15-43(34)48-28-41)25-39(27-40)42-24-35-14-6-8-16-44(35)49-29-42/h1-29H. The first kappa shape index (κ1) is 29.8. The number of pyridine rings is 2. The third kappa shape index (κ3) is 5.51. The predicted molar refractivity (Wildman–Crippen MR) is 213 cm³/mol. The van der Waals surface area contributed by atoms with Crippen LogP contribution in [0.25, 0.3) is 99.8 Å². The maximum Gasteiger partial charge on any atom is 0.164 e. The molecule has 0 bridgehead atoms. The van der Waals surface area contributed by atoms with Crippen molar-refractivity contribution in [1.82, 2.24) is 24.9 Å². The maximum atomic E-state index is 5.18. The average molecular weight is 664 g/mol. The molecule has 0 unspecified atom stereocenters. The minimum atomic E-state index is 0.590. The molecule has 3 aromatic heterocycles. The van der Waals surface area contributed by atoms with Gasteiger partial charge in [0.05, 0.1) is 11.0 Å². The van der Waals surface area contributed by atoms with Gasteiger partial charge < -0.3 is 0 Å². The van der Waals surface area contributed by atoms with E-state index in [1.165, 1.54) is 10.8 Å². The van der Waals surface area contributed by atoms with Crippen molar-refractivity contribution in [2.24, 2.45) is 0 Å². The molecular weight excluding hydrogens is 635 g/mol. The van der Waals surface area contributed by atoms with Gasteiger partial charge in [0.25, 0.3) is 0 Å². The van der Waals surface area contributed by atoms with Gasteiger partial charge in [-0.2, -0.15) is 0 Å². The van der Waals surface area contributed by atoms with Gasteiger partial charge in [0.2, 0.25) is 0 Å². The summed E-state index contributed by atoms with van der Waals surface area (Å²) in [4.78, 5) is 25.1. The highest BCUT2D eigenvalue weighted by Crippen LogP contribution is 2.35. The van der Waals surface area contributed by atoms with Gasteiger partial charge in [-0.3, -0.25) is 9.97 Å². The fourth-order valence-electron chi connectivity index (χ4n) is 6.97. The lowest BCUT2D eigenvalue weighted by molar-refractivity contribution is 1.08. The lowest BCUT2D eigenvalue weighted by atomic mass is 9.96. The normalized spacial score (nSPS) is 11.5. The number of hydrogen-bond donors (Lipinski definition) is 0. The van der Waals surface area contributed by atoms with Crippen LogP contribution in [0.1, 0.15) is 0 Å². The summed E-state index contributed by atoms with van der Waals surface area (Å²) >= 11 is 0. The Labute approximate surface area is 300 Å². The van der Waals surface area contributed by atoms with Crippen molar-refractivity contribution in [2.75, 3.05) is 0 Å². The van der Waals surface area contributed by atoms with Gasteiger partial charge in [-0.15, -0.1) is 0 Å². The molecule has 0 spiro atoms. The van der Waals surface area contributed by atoms with Crippen molar-refractivity contribution >= 4 is 43.4 Å². The van der Waals surface area contributed by atoms with E-state index >= 15 is 0 Å². The largest absolute Gasteiger partial charge is 0.256 e. The predicted octanol–water partition coefficient (Wildman–Crippen LogP) is 11.6. The molecule has 0 aliphatic rings. The van der Waals surface area contributed by atoms with Crippen molar-refractivity contribution in [1.29, 1.82) is 0 Å². The molecule has 0 fully saturated rings. The summed E-state index contributed by atoms with van der Waals surface area (Å²) in [5.41, 5.74) is 8.69. The number of benzene rings is 7. The van der Waals surface area contributed by atoms with Crippen LogP contribution in [0.4, 0.5) is 0 Å². The topological polar surface area (TPSA) is 64.5 Å². The van der Waals surface area contributed by atoms with E-state index in [0.29, 0.717) is 17.5 Å². The summed E-state index contributed by atoms with van der Waals surface area (Å²) in [6.45, 7) is 0. The molecule has 10 rings (SSSR count). The molecule has 0 saturated heterocycles. The summed E-state index contributed by atoms with van der Waals surface area (Å²) in [5, 5.41) is 6.76. The van der Waals surface area contributed by atoms with Crippen LogP contribution in [-0.2, 0) is 0 Å². The Morgan fingerprint density at radius 2 is 0.615 bits per heavy atom. The van der Waals surface area contributed by atoms with E-state index in [4.69, 9.17) is 24.9 Å². The van der Waals surface area contributed by atoms with E-state index in [2.05, 4.69) is 127 Å². The summed E-state index contributed by atoms with van der Waals surface area (Å²) in [5.74, 6) is 1.82. The highest BCUT2D eigenvalue weighted by Gasteiger charge is 2.16. The van der Waals surface area contributed by atoms with Crippen LogP contribution >= 0.6 is 0 Å². The lowest BCUT2D eigenvalue weighted by Gasteiger charge is -2.13. The summed E-state index contributed by atoms with van der Waals surface area (Å²) in [6, 6.07) is 56.8. The average Bonchev–Trinajstić information content (AvgIpc) is 3.22.